The topological polar surface area (TPSA) is 79.3 Å². The van der Waals surface area contributed by atoms with Crippen LogP contribution in [0.25, 0.3) is 0 Å². The molecule has 4 heteroatoms. The maximum Gasteiger partial charge on any atom is 0.115 e. The van der Waals surface area contributed by atoms with Gasteiger partial charge >= 0.3 is 0 Å². The van der Waals surface area contributed by atoms with Gasteiger partial charge in [-0.2, -0.15) is 0 Å². The molecule has 0 radical (unpaired) electrons. The maximum atomic E-state index is 10.0. The van der Waals surface area contributed by atoms with Crippen molar-refractivity contribution in [1.29, 1.82) is 5.41 Å². The Kier molecular flexibility index (Phi) is 5.65. The molecule has 0 aromatic heterocycles. The van der Waals surface area contributed by atoms with Crippen molar-refractivity contribution < 1.29 is 9.84 Å². The number of nitrogens with one attached hydrogen (secondary N) is 1. The van der Waals surface area contributed by atoms with Crippen molar-refractivity contribution in [3.8, 4) is 0 Å². The largest absolute Gasteiger partial charge is 0.494 e. The summed E-state index contributed by atoms with van der Waals surface area (Å²) in [5, 5.41) is 17.3. The van der Waals surface area contributed by atoms with Gasteiger partial charge in [0.15, 0.2) is 0 Å². The first-order valence-electron chi connectivity index (χ1n) is 7.69. The van der Waals surface area contributed by atoms with Gasteiger partial charge in [0.05, 0.1) is 18.5 Å². The molecule has 0 heterocycles. The Morgan fingerprint density at radius 1 is 1.40 bits per heavy atom. The Balaban J connectivity index is 1.83. The summed E-state index contributed by atoms with van der Waals surface area (Å²) in [7, 11) is 0. The molecule has 0 saturated heterocycles. The first-order chi connectivity index (χ1) is 9.65. The highest BCUT2D eigenvalue weighted by atomic mass is 16.5. The number of ether oxygens (including phenoxy) is 1. The summed E-state index contributed by atoms with van der Waals surface area (Å²) >= 11 is 0. The number of rotatable bonds is 6. The Morgan fingerprint density at radius 3 is 2.85 bits per heavy atom. The molecular formula is C16H26N2O2. The van der Waals surface area contributed by atoms with Gasteiger partial charge in [-0.1, -0.05) is 19.3 Å². The quantitative estimate of drug-likeness (QED) is 0.516. The highest BCUT2D eigenvalue weighted by molar-refractivity contribution is 5.77. The normalized spacial score (nSPS) is 21.9. The molecule has 4 nitrogen and oxygen atoms in total. The van der Waals surface area contributed by atoms with Gasteiger partial charge in [-0.05, 0) is 49.3 Å². The molecule has 0 aromatic rings. The molecule has 1 fully saturated rings. The SMILES string of the molecule is N=C(N)CC(O)C1=CC(OCC2CCCCC2)=CCC1. The monoisotopic (exact) mass is 278 g/mol. The molecule has 0 aliphatic heterocycles. The lowest BCUT2D eigenvalue weighted by atomic mass is 9.90. The predicted octanol–water partition coefficient (Wildman–Crippen LogP) is 2.87. The smallest absolute Gasteiger partial charge is 0.115 e. The number of hydrogen-bond acceptors (Lipinski definition) is 3. The molecule has 1 saturated carbocycles. The van der Waals surface area contributed by atoms with Crippen LogP contribution in [0, 0.1) is 11.3 Å². The van der Waals surface area contributed by atoms with Crippen molar-refractivity contribution in [1.82, 2.24) is 0 Å². The average Bonchev–Trinajstić information content (AvgIpc) is 2.46. The first kappa shape index (κ1) is 15.1. The van der Waals surface area contributed by atoms with Gasteiger partial charge in [0.25, 0.3) is 0 Å². The Bertz CT molecular complexity index is 395. The lowest BCUT2D eigenvalue weighted by Gasteiger charge is -2.24. The van der Waals surface area contributed by atoms with Crippen LogP contribution >= 0.6 is 0 Å². The minimum absolute atomic E-state index is 0.0256. The number of aliphatic hydroxyl groups excluding tert-OH is 1. The molecule has 0 amide bonds. The molecule has 1 unspecified atom stereocenters. The lowest BCUT2D eigenvalue weighted by molar-refractivity contribution is 0.146. The molecule has 2 rings (SSSR count). The number of amidine groups is 1. The van der Waals surface area contributed by atoms with Crippen LogP contribution in [0.3, 0.4) is 0 Å². The zero-order valence-electron chi connectivity index (χ0n) is 12.1. The van der Waals surface area contributed by atoms with E-state index in [0.29, 0.717) is 5.92 Å². The van der Waals surface area contributed by atoms with E-state index < -0.39 is 6.10 Å². The molecular weight excluding hydrogens is 252 g/mol. The molecule has 0 bridgehead atoms. The van der Waals surface area contributed by atoms with E-state index >= 15 is 0 Å². The minimum Gasteiger partial charge on any atom is -0.494 e. The van der Waals surface area contributed by atoms with E-state index in [1.165, 1.54) is 32.1 Å². The molecule has 2 aliphatic rings. The van der Waals surface area contributed by atoms with Crippen molar-refractivity contribution in [3.63, 3.8) is 0 Å². The van der Waals surface area contributed by atoms with Crippen molar-refractivity contribution in [2.75, 3.05) is 6.61 Å². The second kappa shape index (κ2) is 7.48. The summed E-state index contributed by atoms with van der Waals surface area (Å²) in [5.41, 5.74) is 6.27. The average molecular weight is 278 g/mol. The molecule has 0 aromatic carbocycles. The number of nitrogens with two attached hydrogens (primary N) is 1. The lowest BCUT2D eigenvalue weighted by Crippen LogP contribution is -2.22. The molecule has 0 spiro atoms. The first-order valence-corrected chi connectivity index (χ1v) is 7.69. The number of allylic oxidation sites excluding steroid dienone is 2. The summed E-state index contributed by atoms with van der Waals surface area (Å²) in [4.78, 5) is 0. The summed E-state index contributed by atoms with van der Waals surface area (Å²) in [6.07, 6.45) is 11.9. The molecule has 112 valence electrons. The highest BCUT2D eigenvalue weighted by Gasteiger charge is 2.18. The van der Waals surface area contributed by atoms with Crippen molar-refractivity contribution in [3.05, 3.63) is 23.5 Å². The van der Waals surface area contributed by atoms with E-state index in [0.717, 1.165) is 30.8 Å². The third-order valence-corrected chi connectivity index (χ3v) is 4.16. The van der Waals surface area contributed by atoms with E-state index in [2.05, 4.69) is 6.08 Å². The fraction of sp³-hybridized carbons (Fsp3) is 0.688. The Hall–Kier alpha value is -1.29. The number of aliphatic hydroxyl groups is 1. The zero-order chi connectivity index (χ0) is 14.4. The van der Waals surface area contributed by atoms with Gasteiger partial charge in [0, 0.05) is 6.42 Å². The van der Waals surface area contributed by atoms with Crippen LogP contribution < -0.4 is 5.73 Å². The van der Waals surface area contributed by atoms with Gasteiger partial charge in [0.2, 0.25) is 0 Å². The summed E-state index contributed by atoms with van der Waals surface area (Å²) in [5.74, 6) is 1.59. The van der Waals surface area contributed by atoms with Gasteiger partial charge in [-0.3, -0.25) is 5.41 Å². The maximum absolute atomic E-state index is 10.0. The van der Waals surface area contributed by atoms with Crippen LogP contribution in [0.5, 0.6) is 0 Å². The Morgan fingerprint density at radius 2 is 2.15 bits per heavy atom. The van der Waals surface area contributed by atoms with Crippen LogP contribution in [0.1, 0.15) is 51.4 Å². The van der Waals surface area contributed by atoms with E-state index in [-0.39, 0.29) is 12.3 Å². The Labute approximate surface area is 121 Å². The van der Waals surface area contributed by atoms with Crippen LogP contribution in [-0.2, 0) is 4.74 Å². The van der Waals surface area contributed by atoms with Gasteiger partial charge in [-0.15, -0.1) is 0 Å². The van der Waals surface area contributed by atoms with Gasteiger partial charge in [0.1, 0.15) is 5.76 Å². The van der Waals surface area contributed by atoms with Crippen LogP contribution in [0.15, 0.2) is 23.5 Å². The summed E-state index contributed by atoms with van der Waals surface area (Å²) in [6, 6.07) is 0. The van der Waals surface area contributed by atoms with E-state index in [4.69, 9.17) is 15.9 Å². The molecule has 2 aliphatic carbocycles. The van der Waals surface area contributed by atoms with E-state index in [9.17, 15) is 5.11 Å². The van der Waals surface area contributed by atoms with Crippen LogP contribution in [0.2, 0.25) is 0 Å². The van der Waals surface area contributed by atoms with Crippen LogP contribution in [-0.4, -0.2) is 23.7 Å². The fourth-order valence-corrected chi connectivity index (χ4v) is 2.97. The fourth-order valence-electron chi connectivity index (χ4n) is 2.97. The van der Waals surface area contributed by atoms with Crippen molar-refractivity contribution >= 4 is 5.84 Å². The van der Waals surface area contributed by atoms with E-state index in [1.807, 2.05) is 6.08 Å². The second-order valence-electron chi connectivity index (χ2n) is 5.92. The van der Waals surface area contributed by atoms with E-state index in [1.54, 1.807) is 0 Å². The summed E-state index contributed by atoms with van der Waals surface area (Å²) < 4.78 is 5.90. The highest BCUT2D eigenvalue weighted by Crippen LogP contribution is 2.26. The summed E-state index contributed by atoms with van der Waals surface area (Å²) in [6.45, 7) is 0.790. The van der Waals surface area contributed by atoms with Crippen molar-refractivity contribution in [2.45, 2.75) is 57.5 Å². The standard InChI is InChI=1S/C16H26N2O2/c17-16(18)10-15(19)13-7-4-8-14(9-13)20-11-12-5-2-1-3-6-12/h8-9,12,15,19H,1-7,10-11H2,(H3,17,18). The minimum atomic E-state index is -0.644. The van der Waals surface area contributed by atoms with Gasteiger partial charge in [-0.25, -0.2) is 0 Å². The third-order valence-electron chi connectivity index (χ3n) is 4.16. The van der Waals surface area contributed by atoms with Crippen molar-refractivity contribution in [2.24, 2.45) is 11.7 Å². The molecule has 1 atom stereocenters. The van der Waals surface area contributed by atoms with Gasteiger partial charge < -0.3 is 15.6 Å². The molecule has 20 heavy (non-hydrogen) atoms. The molecule has 4 N–H and O–H groups in total. The third kappa shape index (κ3) is 4.67. The second-order valence-corrected chi connectivity index (χ2v) is 5.92. The zero-order valence-corrected chi connectivity index (χ0v) is 12.1. The number of hydrogen-bond donors (Lipinski definition) is 3. The predicted molar refractivity (Wildman–Crippen MR) is 80.5 cm³/mol. The van der Waals surface area contributed by atoms with Crippen LogP contribution in [0.4, 0.5) is 0 Å².